The maximum Gasteiger partial charge on any atom is 0.493 e. The molecule has 1 aliphatic rings. The number of hydrogen-bond donors (Lipinski definition) is 1. The Balaban J connectivity index is 1.90. The van der Waals surface area contributed by atoms with Crippen molar-refractivity contribution in [3.05, 3.63) is 71.4 Å². The van der Waals surface area contributed by atoms with Gasteiger partial charge in [0.25, 0.3) is 0 Å². The van der Waals surface area contributed by atoms with E-state index in [2.05, 4.69) is 4.84 Å². The van der Waals surface area contributed by atoms with Crippen LogP contribution in [0.2, 0.25) is 5.02 Å². The van der Waals surface area contributed by atoms with Crippen molar-refractivity contribution in [3.63, 3.8) is 0 Å². The molecule has 1 amide bonds. The summed E-state index contributed by atoms with van der Waals surface area (Å²) < 4.78 is 40.1. The molecule has 2 N–H and O–H groups in total. The molecule has 0 spiro atoms. The Bertz CT molecular complexity index is 1190. The van der Waals surface area contributed by atoms with Crippen LogP contribution in [-0.4, -0.2) is 40.8 Å². The SMILES string of the molecule is NCCC1CN(OC(=O)C(F)(F)F)C(=O)c2cc(-c3cccc(Cl)c3)c(-c3ccccc3)n21. The van der Waals surface area contributed by atoms with E-state index in [1.165, 1.54) is 0 Å². The summed E-state index contributed by atoms with van der Waals surface area (Å²) in [6.45, 7) is -0.0629. The molecule has 4 rings (SSSR count). The fourth-order valence-corrected chi connectivity index (χ4v) is 4.15. The number of carbonyl (C=O) groups excluding carboxylic acids is 2. The predicted molar refractivity (Wildman–Crippen MR) is 116 cm³/mol. The first kappa shape index (κ1) is 22.9. The number of hydroxylamine groups is 2. The highest BCUT2D eigenvalue weighted by atomic mass is 35.5. The van der Waals surface area contributed by atoms with E-state index in [1.54, 1.807) is 28.8 Å². The lowest BCUT2D eigenvalue weighted by Gasteiger charge is -2.34. The molecule has 33 heavy (non-hydrogen) atoms. The molecule has 1 aromatic heterocycles. The first-order valence-electron chi connectivity index (χ1n) is 10.1. The Kier molecular flexibility index (Phi) is 6.18. The van der Waals surface area contributed by atoms with E-state index >= 15 is 0 Å². The monoisotopic (exact) mass is 477 g/mol. The van der Waals surface area contributed by atoms with E-state index < -0.39 is 24.1 Å². The van der Waals surface area contributed by atoms with Gasteiger partial charge in [0.1, 0.15) is 5.69 Å². The van der Waals surface area contributed by atoms with Gasteiger partial charge in [0.2, 0.25) is 0 Å². The molecule has 1 aliphatic heterocycles. The quantitative estimate of drug-likeness (QED) is 0.570. The molecule has 172 valence electrons. The topological polar surface area (TPSA) is 77.6 Å². The van der Waals surface area contributed by atoms with Crippen LogP contribution >= 0.6 is 11.6 Å². The summed E-state index contributed by atoms with van der Waals surface area (Å²) in [5.74, 6) is -3.31. The lowest BCUT2D eigenvalue weighted by molar-refractivity contribution is -0.230. The second-order valence-electron chi connectivity index (χ2n) is 7.51. The minimum absolute atomic E-state index is 0.0866. The second-order valence-corrected chi connectivity index (χ2v) is 7.95. The number of nitrogens with two attached hydrogens (primary N) is 1. The fraction of sp³-hybridized carbons (Fsp3) is 0.217. The number of aromatic nitrogens is 1. The molecular weight excluding hydrogens is 459 g/mol. The van der Waals surface area contributed by atoms with Crippen LogP contribution in [0.3, 0.4) is 0 Å². The Morgan fingerprint density at radius 3 is 2.42 bits per heavy atom. The van der Waals surface area contributed by atoms with E-state index in [-0.39, 0.29) is 18.8 Å². The molecule has 3 aromatic rings. The number of benzene rings is 2. The Morgan fingerprint density at radius 1 is 1.09 bits per heavy atom. The number of fused-ring (bicyclic) bond motifs is 1. The Hall–Kier alpha value is -3.30. The van der Waals surface area contributed by atoms with E-state index in [0.29, 0.717) is 27.8 Å². The lowest BCUT2D eigenvalue weighted by Crippen LogP contribution is -2.46. The van der Waals surface area contributed by atoms with Gasteiger partial charge in [-0.15, -0.1) is 0 Å². The summed E-state index contributed by atoms with van der Waals surface area (Å²) in [6.07, 6.45) is -4.89. The predicted octanol–water partition coefficient (Wildman–Crippen LogP) is 4.84. The van der Waals surface area contributed by atoms with Crippen molar-refractivity contribution in [2.24, 2.45) is 5.73 Å². The highest BCUT2D eigenvalue weighted by Crippen LogP contribution is 2.41. The van der Waals surface area contributed by atoms with Crippen molar-refractivity contribution in [2.45, 2.75) is 18.6 Å². The second kappa shape index (κ2) is 8.92. The molecule has 0 saturated carbocycles. The number of rotatable bonds is 5. The minimum atomic E-state index is -5.23. The average Bonchev–Trinajstić information content (AvgIpc) is 3.18. The largest absolute Gasteiger partial charge is 0.493 e. The van der Waals surface area contributed by atoms with Crippen LogP contribution in [0.5, 0.6) is 0 Å². The van der Waals surface area contributed by atoms with Gasteiger partial charge in [0.15, 0.2) is 0 Å². The van der Waals surface area contributed by atoms with Gasteiger partial charge in [-0.1, -0.05) is 54.1 Å². The van der Waals surface area contributed by atoms with Crippen molar-refractivity contribution in [1.29, 1.82) is 0 Å². The summed E-state index contributed by atoms with van der Waals surface area (Å²) in [5, 5.41) is 0.948. The van der Waals surface area contributed by atoms with Crippen molar-refractivity contribution >= 4 is 23.5 Å². The van der Waals surface area contributed by atoms with Crippen molar-refractivity contribution in [3.8, 4) is 22.4 Å². The number of alkyl halides is 3. The fourth-order valence-electron chi connectivity index (χ4n) is 3.96. The highest BCUT2D eigenvalue weighted by Gasteiger charge is 2.45. The summed E-state index contributed by atoms with van der Waals surface area (Å²) in [7, 11) is 0. The first-order chi connectivity index (χ1) is 15.7. The minimum Gasteiger partial charge on any atom is -0.331 e. The molecule has 2 aromatic carbocycles. The number of amides is 1. The zero-order chi connectivity index (χ0) is 23.8. The third-order valence-electron chi connectivity index (χ3n) is 5.33. The third-order valence-corrected chi connectivity index (χ3v) is 5.57. The Morgan fingerprint density at radius 2 is 1.79 bits per heavy atom. The van der Waals surface area contributed by atoms with Gasteiger partial charge < -0.3 is 15.1 Å². The van der Waals surface area contributed by atoms with E-state index in [1.807, 2.05) is 36.4 Å². The van der Waals surface area contributed by atoms with Crippen molar-refractivity contribution < 1.29 is 27.6 Å². The van der Waals surface area contributed by atoms with Crippen LogP contribution in [0.15, 0.2) is 60.7 Å². The smallest absolute Gasteiger partial charge is 0.331 e. The van der Waals surface area contributed by atoms with Gasteiger partial charge in [-0.2, -0.15) is 18.2 Å². The van der Waals surface area contributed by atoms with E-state index in [4.69, 9.17) is 17.3 Å². The maximum atomic E-state index is 13.1. The maximum absolute atomic E-state index is 13.1. The summed E-state index contributed by atoms with van der Waals surface area (Å²) >= 11 is 6.19. The van der Waals surface area contributed by atoms with Crippen LogP contribution < -0.4 is 5.73 Å². The van der Waals surface area contributed by atoms with Crippen LogP contribution in [0.1, 0.15) is 23.0 Å². The Labute approximate surface area is 192 Å². The number of nitrogens with zero attached hydrogens (tertiary/aromatic N) is 2. The van der Waals surface area contributed by atoms with E-state index in [9.17, 15) is 22.8 Å². The average molecular weight is 478 g/mol. The van der Waals surface area contributed by atoms with Gasteiger partial charge in [0, 0.05) is 10.6 Å². The van der Waals surface area contributed by atoms with Gasteiger partial charge in [0.05, 0.1) is 18.3 Å². The summed E-state index contributed by atoms with van der Waals surface area (Å²) in [6, 6.07) is 17.4. The molecule has 0 saturated heterocycles. The normalized spacial score (nSPS) is 16.0. The molecule has 0 aliphatic carbocycles. The highest BCUT2D eigenvalue weighted by molar-refractivity contribution is 6.30. The lowest BCUT2D eigenvalue weighted by atomic mass is 10.0. The van der Waals surface area contributed by atoms with Crippen LogP contribution in [0, 0.1) is 0 Å². The molecule has 1 atom stereocenters. The molecular formula is C23H19ClF3N3O3. The molecule has 1 unspecified atom stereocenters. The third kappa shape index (κ3) is 4.46. The first-order valence-corrected chi connectivity index (χ1v) is 10.5. The number of hydrogen-bond acceptors (Lipinski definition) is 4. The van der Waals surface area contributed by atoms with Gasteiger partial charge in [-0.3, -0.25) is 4.79 Å². The van der Waals surface area contributed by atoms with E-state index in [0.717, 1.165) is 11.1 Å². The zero-order valence-electron chi connectivity index (χ0n) is 17.2. The molecule has 6 nitrogen and oxygen atoms in total. The number of carbonyl (C=O) groups is 2. The van der Waals surface area contributed by atoms with Gasteiger partial charge >= 0.3 is 18.1 Å². The van der Waals surface area contributed by atoms with Crippen molar-refractivity contribution in [2.75, 3.05) is 13.1 Å². The zero-order valence-corrected chi connectivity index (χ0v) is 17.9. The van der Waals surface area contributed by atoms with Crippen LogP contribution in [-0.2, 0) is 9.63 Å². The molecule has 0 radical (unpaired) electrons. The molecule has 0 fully saturated rings. The summed E-state index contributed by atoms with van der Waals surface area (Å²) in [5.41, 5.74) is 8.74. The molecule has 2 heterocycles. The van der Waals surface area contributed by atoms with Crippen LogP contribution in [0.4, 0.5) is 13.2 Å². The standard InChI is InChI=1S/C23H19ClF3N3O3/c24-16-8-4-7-15(11-16)18-12-19-21(31)29(33-22(32)23(25,26)27)13-17(9-10-28)30(19)20(18)14-5-2-1-3-6-14/h1-8,11-12,17H,9-10,13,28H2. The summed E-state index contributed by atoms with van der Waals surface area (Å²) in [4.78, 5) is 29.0. The number of halogens is 4. The molecule has 10 heteroatoms. The molecule has 0 bridgehead atoms. The van der Waals surface area contributed by atoms with Crippen molar-refractivity contribution in [1.82, 2.24) is 9.63 Å². The van der Waals surface area contributed by atoms with Gasteiger partial charge in [-0.25, -0.2) is 4.79 Å². The van der Waals surface area contributed by atoms with Gasteiger partial charge in [-0.05, 0) is 42.3 Å². The van der Waals surface area contributed by atoms with Crippen LogP contribution in [0.25, 0.3) is 22.4 Å².